The predicted molar refractivity (Wildman–Crippen MR) is 65.3 cm³/mol. The fourth-order valence-electron chi connectivity index (χ4n) is 1.62. The highest BCUT2D eigenvalue weighted by Gasteiger charge is 2.14. The van der Waals surface area contributed by atoms with Crippen LogP contribution in [0, 0.1) is 13.8 Å². The Kier molecular flexibility index (Phi) is 5.15. The van der Waals surface area contributed by atoms with Crippen molar-refractivity contribution in [2.45, 2.75) is 52.6 Å². The molecule has 0 radical (unpaired) electrons. The number of hydrogen-bond donors (Lipinski definition) is 2. The van der Waals surface area contributed by atoms with Crippen LogP contribution in [0.1, 0.15) is 43.2 Å². The number of nitrogens with one attached hydrogen (secondary N) is 1. The minimum absolute atomic E-state index is 0.113. The van der Waals surface area contributed by atoms with Crippen LogP contribution in [0.25, 0.3) is 0 Å². The van der Waals surface area contributed by atoms with Gasteiger partial charge >= 0.3 is 0 Å². The molecular weight excluding hydrogens is 218 g/mol. The van der Waals surface area contributed by atoms with Crippen molar-refractivity contribution in [3.63, 3.8) is 0 Å². The van der Waals surface area contributed by atoms with Crippen molar-refractivity contribution >= 4 is 5.91 Å². The first-order valence-corrected chi connectivity index (χ1v) is 6.01. The van der Waals surface area contributed by atoms with E-state index in [1.165, 1.54) is 0 Å². The summed E-state index contributed by atoms with van der Waals surface area (Å²) < 4.78 is 5.02. The lowest BCUT2D eigenvalue weighted by Crippen LogP contribution is -2.40. The van der Waals surface area contributed by atoms with Crippen molar-refractivity contribution in [1.29, 1.82) is 0 Å². The van der Waals surface area contributed by atoms with E-state index in [0.29, 0.717) is 6.54 Å². The zero-order valence-corrected chi connectivity index (χ0v) is 10.7. The predicted octanol–water partition coefficient (Wildman–Crippen LogP) is 1.43. The molecule has 1 aromatic heterocycles. The first-order valence-electron chi connectivity index (χ1n) is 6.01. The van der Waals surface area contributed by atoms with E-state index in [1.807, 2.05) is 13.8 Å². The van der Waals surface area contributed by atoms with Crippen molar-refractivity contribution in [2.24, 2.45) is 5.73 Å². The van der Waals surface area contributed by atoms with Gasteiger partial charge in [0.25, 0.3) is 0 Å². The molecule has 0 bridgehead atoms. The number of hydrogen-bond acceptors (Lipinski definition) is 4. The van der Waals surface area contributed by atoms with E-state index in [9.17, 15) is 4.79 Å². The van der Waals surface area contributed by atoms with E-state index >= 15 is 0 Å². The molecule has 5 nitrogen and oxygen atoms in total. The Labute approximate surface area is 102 Å². The maximum atomic E-state index is 11.7. The van der Waals surface area contributed by atoms with Gasteiger partial charge < -0.3 is 15.6 Å². The minimum atomic E-state index is -0.421. The molecule has 96 valence electrons. The van der Waals surface area contributed by atoms with Crippen molar-refractivity contribution in [3.05, 3.63) is 17.0 Å². The zero-order valence-electron chi connectivity index (χ0n) is 10.7. The Bertz CT molecular complexity index is 354. The molecule has 0 fully saturated rings. The fourth-order valence-corrected chi connectivity index (χ4v) is 1.62. The van der Waals surface area contributed by atoms with Crippen LogP contribution in [-0.2, 0) is 11.3 Å². The summed E-state index contributed by atoms with van der Waals surface area (Å²) in [5, 5.41) is 6.64. The summed E-state index contributed by atoms with van der Waals surface area (Å²) in [5.74, 6) is 0.628. The number of amides is 1. The van der Waals surface area contributed by atoms with E-state index in [2.05, 4.69) is 17.4 Å². The van der Waals surface area contributed by atoms with E-state index in [-0.39, 0.29) is 5.91 Å². The Hall–Kier alpha value is -1.36. The molecule has 0 saturated carbocycles. The Morgan fingerprint density at radius 1 is 1.53 bits per heavy atom. The summed E-state index contributed by atoms with van der Waals surface area (Å²) in [6, 6.07) is -0.421. The molecule has 0 aliphatic rings. The molecule has 0 unspecified atom stereocenters. The van der Waals surface area contributed by atoms with Crippen LogP contribution in [-0.4, -0.2) is 17.1 Å². The lowest BCUT2D eigenvalue weighted by atomic mass is 10.1. The average Bonchev–Trinajstić information content (AvgIpc) is 2.63. The largest absolute Gasteiger partial charge is 0.361 e. The van der Waals surface area contributed by atoms with Crippen LogP contribution in [0.4, 0.5) is 0 Å². The first-order chi connectivity index (χ1) is 8.06. The van der Waals surface area contributed by atoms with Crippen molar-refractivity contribution in [1.82, 2.24) is 10.5 Å². The third kappa shape index (κ3) is 3.85. The number of rotatable bonds is 6. The third-order valence-electron chi connectivity index (χ3n) is 2.83. The van der Waals surface area contributed by atoms with E-state index in [4.69, 9.17) is 10.3 Å². The van der Waals surface area contributed by atoms with Crippen LogP contribution >= 0.6 is 0 Å². The number of aromatic nitrogens is 1. The SMILES string of the molecule is CCCC[C@H](N)C(=O)NCc1c(C)noc1C. The second-order valence-electron chi connectivity index (χ2n) is 4.27. The molecule has 0 aromatic carbocycles. The van der Waals surface area contributed by atoms with Crippen LogP contribution < -0.4 is 11.1 Å². The smallest absolute Gasteiger partial charge is 0.237 e. The molecule has 1 amide bonds. The lowest BCUT2D eigenvalue weighted by Gasteiger charge is -2.11. The molecule has 5 heteroatoms. The van der Waals surface area contributed by atoms with E-state index in [0.717, 1.165) is 36.3 Å². The van der Waals surface area contributed by atoms with Gasteiger partial charge in [0.1, 0.15) is 5.76 Å². The fraction of sp³-hybridized carbons (Fsp3) is 0.667. The Balaban J connectivity index is 2.43. The number of nitrogens with zero attached hydrogens (tertiary/aromatic N) is 1. The Morgan fingerprint density at radius 3 is 2.76 bits per heavy atom. The van der Waals surface area contributed by atoms with E-state index in [1.54, 1.807) is 0 Å². The number of carbonyl (C=O) groups is 1. The minimum Gasteiger partial charge on any atom is -0.361 e. The van der Waals surface area contributed by atoms with Crippen LogP contribution in [0.15, 0.2) is 4.52 Å². The molecule has 1 aromatic rings. The summed E-state index contributed by atoms with van der Waals surface area (Å²) in [6.07, 6.45) is 2.74. The number of unbranched alkanes of at least 4 members (excludes halogenated alkanes) is 1. The quantitative estimate of drug-likeness (QED) is 0.786. The average molecular weight is 239 g/mol. The summed E-state index contributed by atoms with van der Waals surface area (Å²) in [6.45, 7) is 6.20. The van der Waals surface area contributed by atoms with Gasteiger partial charge in [-0.2, -0.15) is 0 Å². The van der Waals surface area contributed by atoms with Crippen LogP contribution in [0.3, 0.4) is 0 Å². The molecule has 3 N–H and O–H groups in total. The van der Waals surface area contributed by atoms with Crippen LogP contribution in [0.2, 0.25) is 0 Å². The molecule has 1 rings (SSSR count). The summed E-state index contributed by atoms with van der Waals surface area (Å²) in [4.78, 5) is 11.7. The normalized spacial score (nSPS) is 12.5. The zero-order chi connectivity index (χ0) is 12.8. The topological polar surface area (TPSA) is 81.2 Å². The Morgan fingerprint density at radius 2 is 2.24 bits per heavy atom. The maximum Gasteiger partial charge on any atom is 0.237 e. The van der Waals surface area contributed by atoms with E-state index < -0.39 is 6.04 Å². The summed E-state index contributed by atoms with van der Waals surface area (Å²) in [5.41, 5.74) is 7.51. The maximum absolute atomic E-state index is 11.7. The van der Waals surface area contributed by atoms with Crippen molar-refractivity contribution < 1.29 is 9.32 Å². The molecular formula is C12H21N3O2. The molecule has 1 heterocycles. The number of carbonyl (C=O) groups excluding carboxylic acids is 1. The second kappa shape index (κ2) is 6.39. The monoisotopic (exact) mass is 239 g/mol. The van der Waals surface area contributed by atoms with Gasteiger partial charge in [-0.1, -0.05) is 24.9 Å². The van der Waals surface area contributed by atoms with Gasteiger partial charge in [0.2, 0.25) is 5.91 Å². The third-order valence-corrected chi connectivity index (χ3v) is 2.83. The van der Waals surface area contributed by atoms with Gasteiger partial charge in [-0.3, -0.25) is 4.79 Å². The molecule has 0 spiro atoms. The molecule has 17 heavy (non-hydrogen) atoms. The molecule has 0 aliphatic carbocycles. The van der Waals surface area contributed by atoms with Gasteiger partial charge in [0, 0.05) is 12.1 Å². The van der Waals surface area contributed by atoms with Gasteiger partial charge in [-0.15, -0.1) is 0 Å². The van der Waals surface area contributed by atoms with Gasteiger partial charge in [0.05, 0.1) is 11.7 Å². The molecule has 1 atom stereocenters. The number of aryl methyl sites for hydroxylation is 2. The summed E-state index contributed by atoms with van der Waals surface area (Å²) >= 11 is 0. The highest BCUT2D eigenvalue weighted by atomic mass is 16.5. The highest BCUT2D eigenvalue weighted by Crippen LogP contribution is 2.11. The van der Waals surface area contributed by atoms with Crippen molar-refractivity contribution in [3.8, 4) is 0 Å². The molecule has 0 saturated heterocycles. The number of nitrogens with two attached hydrogens (primary N) is 1. The lowest BCUT2D eigenvalue weighted by molar-refractivity contribution is -0.122. The standard InChI is InChI=1S/C12H21N3O2/c1-4-5-6-11(13)12(16)14-7-10-8(2)15-17-9(10)3/h11H,4-7,13H2,1-3H3,(H,14,16)/t11-/m0/s1. The van der Waals surface area contributed by atoms with Gasteiger partial charge in [-0.25, -0.2) is 0 Å². The first kappa shape index (κ1) is 13.7. The molecule has 0 aliphatic heterocycles. The van der Waals surface area contributed by atoms with Crippen molar-refractivity contribution in [2.75, 3.05) is 0 Å². The van der Waals surface area contributed by atoms with Gasteiger partial charge in [0.15, 0.2) is 0 Å². The highest BCUT2D eigenvalue weighted by molar-refractivity contribution is 5.81. The van der Waals surface area contributed by atoms with Gasteiger partial charge in [-0.05, 0) is 20.3 Å². The van der Waals surface area contributed by atoms with Crippen LogP contribution in [0.5, 0.6) is 0 Å². The summed E-state index contributed by atoms with van der Waals surface area (Å²) in [7, 11) is 0. The second-order valence-corrected chi connectivity index (χ2v) is 4.27.